The third-order valence-electron chi connectivity index (χ3n) is 4.05. The second-order valence-corrected chi connectivity index (χ2v) is 5.79. The predicted molar refractivity (Wildman–Crippen MR) is 96.1 cm³/mol. The molecule has 0 amide bonds. The Morgan fingerprint density at radius 1 is 1.08 bits per heavy atom. The zero-order valence-corrected chi connectivity index (χ0v) is 14.1. The van der Waals surface area contributed by atoms with Gasteiger partial charge in [-0.25, -0.2) is 4.79 Å². The van der Waals surface area contributed by atoms with E-state index < -0.39 is 5.97 Å². The van der Waals surface area contributed by atoms with E-state index in [1.165, 1.54) is 0 Å². The summed E-state index contributed by atoms with van der Waals surface area (Å²) >= 11 is 0. The van der Waals surface area contributed by atoms with Gasteiger partial charge >= 0.3 is 5.97 Å². The topological polar surface area (TPSA) is 63.6 Å². The van der Waals surface area contributed by atoms with Crippen LogP contribution in [0, 0.1) is 6.92 Å². The smallest absolute Gasteiger partial charge is 0.342 e. The molecule has 1 aliphatic carbocycles. The van der Waals surface area contributed by atoms with Crippen LogP contribution in [0.2, 0.25) is 0 Å². The first-order valence-corrected chi connectivity index (χ1v) is 8.06. The van der Waals surface area contributed by atoms with Gasteiger partial charge in [0.15, 0.2) is 5.78 Å². The highest BCUT2D eigenvalue weighted by molar-refractivity contribution is 6.26. The van der Waals surface area contributed by atoms with Crippen LogP contribution in [-0.4, -0.2) is 23.5 Å². The highest BCUT2D eigenvalue weighted by Crippen LogP contribution is 2.34. The van der Waals surface area contributed by atoms with Crippen LogP contribution >= 0.6 is 0 Å². The van der Waals surface area contributed by atoms with Crippen molar-refractivity contribution in [2.75, 3.05) is 6.61 Å². The Bertz CT molecular complexity index is 902. The molecule has 0 unspecified atom stereocenters. The van der Waals surface area contributed by atoms with Gasteiger partial charge in [0, 0.05) is 16.7 Å². The summed E-state index contributed by atoms with van der Waals surface area (Å²) in [5.74, 6) is -1.25. The number of ketones is 1. The third-order valence-corrected chi connectivity index (χ3v) is 4.05. The summed E-state index contributed by atoms with van der Waals surface area (Å²) in [6, 6.07) is 14.2. The fourth-order valence-electron chi connectivity index (χ4n) is 2.79. The lowest BCUT2D eigenvalue weighted by Gasteiger charge is -2.20. The quantitative estimate of drug-likeness (QED) is 0.678. The second-order valence-electron chi connectivity index (χ2n) is 5.79. The minimum absolute atomic E-state index is 0.0916. The Hall–Kier alpha value is -3.14. The zero-order chi connectivity index (χ0) is 18.0. The largest absolute Gasteiger partial charge is 0.506 e. The van der Waals surface area contributed by atoms with E-state index in [1.54, 1.807) is 37.3 Å². The van der Waals surface area contributed by atoms with Gasteiger partial charge in [-0.1, -0.05) is 54.1 Å². The highest BCUT2D eigenvalue weighted by Gasteiger charge is 2.34. The molecule has 0 bridgehead atoms. The lowest BCUT2D eigenvalue weighted by atomic mass is 9.84. The number of hydrogen-bond donors (Lipinski definition) is 1. The second kappa shape index (κ2) is 6.77. The Labute approximate surface area is 146 Å². The van der Waals surface area contributed by atoms with Gasteiger partial charge in [-0.15, -0.1) is 0 Å². The molecule has 0 spiro atoms. The Morgan fingerprint density at radius 2 is 1.72 bits per heavy atom. The SMILES string of the molecule is CCOC(=O)C1=C(O)c2ccccc2C(=O)C1=Cc1ccc(C)cc1. The number of aliphatic hydroxyl groups is 1. The minimum Gasteiger partial charge on any atom is -0.506 e. The molecule has 4 nitrogen and oxygen atoms in total. The van der Waals surface area contributed by atoms with E-state index >= 15 is 0 Å². The number of aryl methyl sites for hydroxylation is 1. The maximum Gasteiger partial charge on any atom is 0.342 e. The first-order chi connectivity index (χ1) is 12.0. The van der Waals surface area contributed by atoms with Crippen LogP contribution in [0.1, 0.15) is 34.0 Å². The van der Waals surface area contributed by atoms with E-state index in [9.17, 15) is 14.7 Å². The van der Waals surface area contributed by atoms with Crippen molar-refractivity contribution in [1.82, 2.24) is 0 Å². The highest BCUT2D eigenvalue weighted by atomic mass is 16.5. The zero-order valence-electron chi connectivity index (χ0n) is 14.1. The average Bonchev–Trinajstić information content (AvgIpc) is 2.61. The van der Waals surface area contributed by atoms with E-state index in [2.05, 4.69) is 0 Å². The molecule has 0 atom stereocenters. The maximum atomic E-state index is 12.9. The summed E-state index contributed by atoms with van der Waals surface area (Å²) < 4.78 is 5.05. The van der Waals surface area contributed by atoms with Crippen molar-refractivity contribution in [3.8, 4) is 0 Å². The van der Waals surface area contributed by atoms with Crippen molar-refractivity contribution in [3.05, 3.63) is 81.9 Å². The average molecular weight is 334 g/mol. The molecule has 0 aromatic heterocycles. The third kappa shape index (κ3) is 3.11. The molecule has 1 aliphatic rings. The van der Waals surface area contributed by atoms with Crippen molar-refractivity contribution >= 4 is 23.6 Å². The standard InChI is InChI=1S/C21H18O4/c1-3-25-21(24)18-17(12-14-10-8-13(2)9-11-14)19(22)15-6-4-5-7-16(15)20(18)23/h4-12,23H,3H2,1-2H3. The molecule has 2 aromatic rings. The monoisotopic (exact) mass is 334 g/mol. The fraction of sp³-hybridized carbons (Fsp3) is 0.143. The normalized spacial score (nSPS) is 15.3. The molecule has 1 N–H and O–H groups in total. The van der Waals surface area contributed by atoms with E-state index in [-0.39, 0.29) is 29.3 Å². The van der Waals surface area contributed by atoms with Gasteiger partial charge in [-0.2, -0.15) is 0 Å². The summed E-state index contributed by atoms with van der Waals surface area (Å²) in [4.78, 5) is 25.3. The Balaban J connectivity index is 2.21. The molecule has 0 saturated carbocycles. The molecule has 126 valence electrons. The molecule has 0 fully saturated rings. The number of esters is 1. The van der Waals surface area contributed by atoms with Crippen LogP contribution in [0.5, 0.6) is 0 Å². The summed E-state index contributed by atoms with van der Waals surface area (Å²) in [5, 5.41) is 10.6. The number of hydrogen-bond acceptors (Lipinski definition) is 4. The summed E-state index contributed by atoms with van der Waals surface area (Å²) in [6.07, 6.45) is 1.61. The number of aliphatic hydroxyl groups excluding tert-OH is 1. The lowest BCUT2D eigenvalue weighted by Crippen LogP contribution is -2.22. The van der Waals surface area contributed by atoms with E-state index in [0.29, 0.717) is 11.1 Å². The number of fused-ring (bicyclic) bond motifs is 1. The first-order valence-electron chi connectivity index (χ1n) is 8.06. The molecule has 3 rings (SSSR count). The molecule has 0 aliphatic heterocycles. The van der Waals surface area contributed by atoms with Gasteiger partial charge in [0.2, 0.25) is 0 Å². The molecular formula is C21H18O4. The number of rotatable bonds is 3. The van der Waals surface area contributed by atoms with E-state index in [1.807, 2.05) is 31.2 Å². The van der Waals surface area contributed by atoms with E-state index in [0.717, 1.165) is 11.1 Å². The number of ether oxygens (including phenoxy) is 1. The number of benzene rings is 2. The molecule has 0 heterocycles. The summed E-state index contributed by atoms with van der Waals surface area (Å²) in [7, 11) is 0. The molecular weight excluding hydrogens is 316 g/mol. The fourth-order valence-corrected chi connectivity index (χ4v) is 2.79. The predicted octanol–water partition coefficient (Wildman–Crippen LogP) is 4.11. The van der Waals surface area contributed by atoms with Crippen molar-refractivity contribution in [2.24, 2.45) is 0 Å². The van der Waals surface area contributed by atoms with Crippen LogP contribution in [0.4, 0.5) is 0 Å². The molecule has 4 heteroatoms. The molecule has 2 aromatic carbocycles. The van der Waals surface area contributed by atoms with Crippen LogP contribution in [0.15, 0.2) is 59.7 Å². The number of carbonyl (C=O) groups is 2. The van der Waals surface area contributed by atoms with Crippen LogP contribution in [-0.2, 0) is 9.53 Å². The van der Waals surface area contributed by atoms with Crippen molar-refractivity contribution in [2.45, 2.75) is 13.8 Å². The van der Waals surface area contributed by atoms with Gasteiger partial charge in [-0.3, -0.25) is 4.79 Å². The van der Waals surface area contributed by atoms with Gasteiger partial charge in [-0.05, 0) is 25.5 Å². The summed E-state index contributed by atoms with van der Waals surface area (Å²) in [6.45, 7) is 3.80. The van der Waals surface area contributed by atoms with Crippen molar-refractivity contribution in [3.63, 3.8) is 0 Å². The number of carbonyl (C=O) groups excluding carboxylic acids is 2. The van der Waals surface area contributed by atoms with Crippen LogP contribution in [0.25, 0.3) is 11.8 Å². The summed E-state index contributed by atoms with van der Waals surface area (Å²) in [5.41, 5.74) is 2.61. The molecule has 0 saturated heterocycles. The van der Waals surface area contributed by atoms with Crippen molar-refractivity contribution in [1.29, 1.82) is 0 Å². The van der Waals surface area contributed by atoms with Crippen LogP contribution < -0.4 is 0 Å². The van der Waals surface area contributed by atoms with Gasteiger partial charge in [0.1, 0.15) is 11.3 Å². The number of Topliss-reactive ketones (excluding diaryl/α,β-unsaturated/α-hetero) is 1. The van der Waals surface area contributed by atoms with Gasteiger partial charge in [0.05, 0.1) is 6.61 Å². The van der Waals surface area contributed by atoms with Crippen molar-refractivity contribution < 1.29 is 19.4 Å². The van der Waals surface area contributed by atoms with Gasteiger partial charge < -0.3 is 9.84 Å². The van der Waals surface area contributed by atoms with E-state index in [4.69, 9.17) is 4.74 Å². The minimum atomic E-state index is -0.707. The molecule has 25 heavy (non-hydrogen) atoms. The Kier molecular flexibility index (Phi) is 4.52. The maximum absolute atomic E-state index is 12.9. The van der Waals surface area contributed by atoms with Gasteiger partial charge in [0.25, 0.3) is 0 Å². The first kappa shape index (κ1) is 16.7. The lowest BCUT2D eigenvalue weighted by molar-refractivity contribution is -0.138. The molecule has 0 radical (unpaired) electrons. The Morgan fingerprint density at radius 3 is 2.36 bits per heavy atom. The van der Waals surface area contributed by atoms with Crippen LogP contribution in [0.3, 0.4) is 0 Å².